The average Bonchev–Trinajstić information content (AvgIpc) is 2.49. The highest BCUT2D eigenvalue weighted by molar-refractivity contribution is 5.66. The van der Waals surface area contributed by atoms with Gasteiger partial charge >= 0.3 is 5.97 Å². The molecule has 2 saturated carbocycles. The standard InChI is InChI=1S/C22H34O2/c1-7-21(5)12-10-17-16(14-21)8-9-18-20(3,4)19(24-15(2)23)11-13-22(17,18)6/h7,14,17-19H,1,8-13H2,2-6H3/t17-,18-,19-,21+,22+/m1/s1. The highest BCUT2D eigenvalue weighted by Gasteiger charge is 2.58. The Bertz CT molecular complexity index is 573. The SMILES string of the molecule is C=C[C@]1(C)C=C2CC[C@@H]3C(C)(C)[C@H](OC(C)=O)CC[C@@]3(C)[C@@H]2CC1. The minimum absolute atomic E-state index is 0.0589. The number of carbonyl (C=O) groups is 1. The molecule has 3 rings (SSSR count). The molecule has 0 bridgehead atoms. The van der Waals surface area contributed by atoms with Gasteiger partial charge in [0.05, 0.1) is 0 Å². The number of carbonyl (C=O) groups excluding carboxylic acids is 1. The van der Waals surface area contributed by atoms with E-state index in [1.165, 1.54) is 32.1 Å². The predicted molar refractivity (Wildman–Crippen MR) is 98.5 cm³/mol. The Morgan fingerprint density at radius 1 is 1.21 bits per heavy atom. The Labute approximate surface area is 147 Å². The van der Waals surface area contributed by atoms with E-state index in [9.17, 15) is 4.79 Å². The highest BCUT2D eigenvalue weighted by atomic mass is 16.5. The normalized spacial score (nSPS) is 43.9. The van der Waals surface area contributed by atoms with Crippen LogP contribution in [0.5, 0.6) is 0 Å². The predicted octanol–water partition coefficient (Wildman–Crippen LogP) is 5.68. The first-order chi connectivity index (χ1) is 11.1. The van der Waals surface area contributed by atoms with Gasteiger partial charge in [0.15, 0.2) is 0 Å². The van der Waals surface area contributed by atoms with Crippen LogP contribution in [0, 0.1) is 28.1 Å². The Morgan fingerprint density at radius 2 is 1.92 bits per heavy atom. The summed E-state index contributed by atoms with van der Waals surface area (Å²) in [5.41, 5.74) is 2.25. The third-order valence-corrected chi connectivity index (χ3v) is 7.70. The van der Waals surface area contributed by atoms with Crippen LogP contribution < -0.4 is 0 Å². The summed E-state index contributed by atoms with van der Waals surface area (Å²) in [4.78, 5) is 11.5. The fourth-order valence-electron chi connectivity index (χ4n) is 6.30. The molecule has 0 saturated heterocycles. The lowest BCUT2D eigenvalue weighted by Crippen LogP contribution is -2.56. The molecular formula is C22H34O2. The fraction of sp³-hybridized carbons (Fsp3) is 0.773. The van der Waals surface area contributed by atoms with Crippen LogP contribution in [0.15, 0.2) is 24.3 Å². The first-order valence-electron chi connectivity index (χ1n) is 9.65. The van der Waals surface area contributed by atoms with Crippen LogP contribution in [0.25, 0.3) is 0 Å². The van der Waals surface area contributed by atoms with Gasteiger partial charge in [0.1, 0.15) is 6.10 Å². The van der Waals surface area contributed by atoms with Gasteiger partial charge in [0.2, 0.25) is 0 Å². The van der Waals surface area contributed by atoms with Gasteiger partial charge in [-0.15, -0.1) is 6.58 Å². The fourth-order valence-corrected chi connectivity index (χ4v) is 6.30. The number of hydrogen-bond donors (Lipinski definition) is 0. The molecule has 0 spiro atoms. The molecule has 2 nitrogen and oxygen atoms in total. The molecule has 0 aromatic heterocycles. The zero-order chi connectivity index (χ0) is 17.8. The average molecular weight is 331 g/mol. The van der Waals surface area contributed by atoms with Gasteiger partial charge < -0.3 is 4.74 Å². The van der Waals surface area contributed by atoms with Gasteiger partial charge in [-0.3, -0.25) is 4.79 Å². The summed E-state index contributed by atoms with van der Waals surface area (Å²) >= 11 is 0. The van der Waals surface area contributed by atoms with Crippen molar-refractivity contribution < 1.29 is 9.53 Å². The molecule has 2 heteroatoms. The Kier molecular flexibility index (Phi) is 4.25. The third-order valence-electron chi connectivity index (χ3n) is 7.70. The van der Waals surface area contributed by atoms with Crippen LogP contribution in [-0.4, -0.2) is 12.1 Å². The quantitative estimate of drug-likeness (QED) is 0.481. The van der Waals surface area contributed by atoms with Crippen molar-refractivity contribution in [2.24, 2.45) is 28.1 Å². The molecule has 0 aliphatic heterocycles. The lowest BCUT2D eigenvalue weighted by atomic mass is 9.45. The largest absolute Gasteiger partial charge is 0.462 e. The van der Waals surface area contributed by atoms with E-state index in [0.717, 1.165) is 6.42 Å². The van der Waals surface area contributed by atoms with Crippen molar-refractivity contribution in [2.75, 3.05) is 0 Å². The van der Waals surface area contributed by atoms with Crippen LogP contribution >= 0.6 is 0 Å². The Morgan fingerprint density at radius 3 is 2.54 bits per heavy atom. The van der Waals surface area contributed by atoms with Crippen molar-refractivity contribution in [1.82, 2.24) is 0 Å². The molecule has 0 unspecified atom stereocenters. The molecule has 5 atom stereocenters. The van der Waals surface area contributed by atoms with E-state index in [1.54, 1.807) is 12.5 Å². The van der Waals surface area contributed by atoms with Crippen molar-refractivity contribution in [3.63, 3.8) is 0 Å². The molecule has 0 aromatic rings. The molecule has 0 radical (unpaired) electrons. The molecule has 24 heavy (non-hydrogen) atoms. The third kappa shape index (κ3) is 2.66. The van der Waals surface area contributed by atoms with E-state index in [2.05, 4.69) is 46.4 Å². The zero-order valence-electron chi connectivity index (χ0n) is 16.2. The van der Waals surface area contributed by atoms with Crippen LogP contribution in [0.3, 0.4) is 0 Å². The van der Waals surface area contributed by atoms with Crippen LogP contribution in [0.2, 0.25) is 0 Å². The maximum Gasteiger partial charge on any atom is 0.302 e. The van der Waals surface area contributed by atoms with E-state index < -0.39 is 0 Å². The zero-order valence-corrected chi connectivity index (χ0v) is 16.2. The van der Waals surface area contributed by atoms with Crippen molar-refractivity contribution in [3.8, 4) is 0 Å². The second-order valence-electron chi connectivity index (χ2n) is 9.58. The molecule has 0 heterocycles. The Hall–Kier alpha value is -1.05. The van der Waals surface area contributed by atoms with Crippen LogP contribution in [-0.2, 0) is 9.53 Å². The number of fused-ring (bicyclic) bond motifs is 3. The summed E-state index contributed by atoms with van der Waals surface area (Å²) in [5, 5.41) is 0. The summed E-state index contributed by atoms with van der Waals surface area (Å²) in [6.45, 7) is 15.1. The number of allylic oxidation sites excluding steroid dienone is 3. The Balaban J connectivity index is 1.91. The van der Waals surface area contributed by atoms with Gasteiger partial charge in [0, 0.05) is 17.8 Å². The van der Waals surface area contributed by atoms with Crippen LogP contribution in [0.1, 0.15) is 73.1 Å². The molecule has 3 aliphatic rings. The molecule has 3 aliphatic carbocycles. The lowest BCUT2D eigenvalue weighted by Gasteiger charge is -2.61. The minimum atomic E-state index is -0.132. The van der Waals surface area contributed by atoms with Crippen molar-refractivity contribution in [1.29, 1.82) is 0 Å². The molecule has 2 fully saturated rings. The maximum absolute atomic E-state index is 11.5. The summed E-state index contributed by atoms with van der Waals surface area (Å²) in [5.74, 6) is 1.19. The van der Waals surface area contributed by atoms with Gasteiger partial charge in [-0.25, -0.2) is 0 Å². The first kappa shape index (κ1) is 17.8. The number of ether oxygens (including phenoxy) is 1. The van der Waals surface area contributed by atoms with E-state index >= 15 is 0 Å². The van der Waals surface area contributed by atoms with E-state index in [1.807, 2.05) is 0 Å². The van der Waals surface area contributed by atoms with Gasteiger partial charge in [-0.2, -0.15) is 0 Å². The van der Waals surface area contributed by atoms with Crippen molar-refractivity contribution in [3.05, 3.63) is 24.3 Å². The van der Waals surface area contributed by atoms with Gasteiger partial charge in [-0.05, 0) is 55.8 Å². The first-order valence-corrected chi connectivity index (χ1v) is 9.65. The van der Waals surface area contributed by atoms with E-state index in [-0.39, 0.29) is 22.9 Å². The minimum Gasteiger partial charge on any atom is -0.462 e. The number of esters is 1. The highest BCUT2D eigenvalue weighted by Crippen LogP contribution is 2.64. The summed E-state index contributed by atoms with van der Waals surface area (Å²) in [6, 6.07) is 0. The van der Waals surface area contributed by atoms with Gasteiger partial charge in [0.25, 0.3) is 0 Å². The second-order valence-corrected chi connectivity index (χ2v) is 9.58. The summed E-state index contributed by atoms with van der Waals surface area (Å²) in [7, 11) is 0. The van der Waals surface area contributed by atoms with E-state index in [0.29, 0.717) is 17.3 Å². The molecule has 0 N–H and O–H groups in total. The topological polar surface area (TPSA) is 26.3 Å². The monoisotopic (exact) mass is 330 g/mol. The molecule has 0 amide bonds. The van der Waals surface area contributed by atoms with E-state index in [4.69, 9.17) is 4.74 Å². The summed E-state index contributed by atoms with van der Waals surface area (Å²) in [6.07, 6.45) is 11.8. The second kappa shape index (κ2) is 5.75. The maximum atomic E-state index is 11.5. The van der Waals surface area contributed by atoms with Crippen molar-refractivity contribution >= 4 is 5.97 Å². The van der Waals surface area contributed by atoms with Gasteiger partial charge in [-0.1, -0.05) is 45.4 Å². The molecular weight excluding hydrogens is 296 g/mol. The smallest absolute Gasteiger partial charge is 0.302 e. The summed E-state index contributed by atoms with van der Waals surface area (Å²) < 4.78 is 5.72. The van der Waals surface area contributed by atoms with Crippen molar-refractivity contribution in [2.45, 2.75) is 79.2 Å². The number of hydrogen-bond acceptors (Lipinski definition) is 2. The van der Waals surface area contributed by atoms with Crippen LogP contribution in [0.4, 0.5) is 0 Å². The molecule has 134 valence electrons. The lowest BCUT2D eigenvalue weighted by molar-refractivity contribution is -0.174. The molecule has 0 aromatic carbocycles. The number of rotatable bonds is 2.